The van der Waals surface area contributed by atoms with E-state index in [4.69, 9.17) is 29.7 Å². The summed E-state index contributed by atoms with van der Waals surface area (Å²) in [6, 6.07) is 24.6. The largest absolute Gasteiger partial charge is 3.00 e. The van der Waals surface area contributed by atoms with Gasteiger partial charge in [-0.15, -0.1) is 0 Å². The summed E-state index contributed by atoms with van der Waals surface area (Å²) in [5.41, 5.74) is 0.0417. The Morgan fingerprint density at radius 2 is 0.607 bits per heavy atom. The molecule has 3 aromatic rings. The fourth-order valence-corrected chi connectivity index (χ4v) is 1.61. The molecule has 0 bridgehead atoms. The van der Waals surface area contributed by atoms with Crippen LogP contribution in [0.1, 0.15) is 0 Å². The van der Waals surface area contributed by atoms with Crippen LogP contribution < -0.4 is 16.3 Å². The molecule has 3 aromatic carbocycles. The second kappa shape index (κ2) is 14.1. The predicted octanol–water partition coefficient (Wildman–Crippen LogP) is 0.00650. The molecule has 0 aliphatic carbocycles. The van der Waals surface area contributed by atoms with Crippen molar-refractivity contribution in [1.29, 1.82) is 0 Å². The van der Waals surface area contributed by atoms with E-state index in [-0.39, 0.29) is 59.7 Å². The van der Waals surface area contributed by atoms with Gasteiger partial charge in [0, 0.05) is 18.2 Å². The molecule has 7 heteroatoms. The smallest absolute Gasteiger partial charge is 0.587 e. The van der Waals surface area contributed by atoms with E-state index < -0.39 is 0 Å². The molecule has 9 N–H and O–H groups in total. The Labute approximate surface area is 180 Å². The molecular weight excluding hydrogens is 557 g/mol. The van der Waals surface area contributed by atoms with E-state index in [1.807, 2.05) is 0 Å². The molecule has 0 unspecified atom stereocenters. The molecule has 0 aliphatic rings. The molecule has 28 heavy (non-hydrogen) atoms. The Morgan fingerprint density at radius 1 is 0.393 bits per heavy atom. The Balaban J connectivity index is 0.000000384. The summed E-state index contributed by atoms with van der Waals surface area (Å²) in [4.78, 5) is 26.7. The van der Waals surface area contributed by atoms with Crippen molar-refractivity contribution < 1.29 is 29.7 Å². The monoisotopic (exact) mass is 581 g/mol. The average molecular weight is 581 g/mol. The molecule has 0 heterocycles. The van der Waals surface area contributed by atoms with Crippen molar-refractivity contribution in [3.05, 3.63) is 107 Å². The zero-order valence-corrected chi connectivity index (χ0v) is 18.4. The Hall–Kier alpha value is -3.05. The zero-order valence-electron chi connectivity index (χ0n) is 14.9. The van der Waals surface area contributed by atoms with Gasteiger partial charge in [-0.1, -0.05) is 54.6 Å². The van der Waals surface area contributed by atoms with E-state index >= 15 is 0 Å². The van der Waals surface area contributed by atoms with E-state index in [1.165, 1.54) is 36.4 Å². The molecule has 0 aliphatic heterocycles. The van der Waals surface area contributed by atoms with E-state index in [2.05, 4.69) is 0 Å². The molecule has 140 valence electrons. The first-order valence-corrected chi connectivity index (χ1v) is 7.90. The molecule has 0 saturated heterocycles. The summed E-state index contributed by atoms with van der Waals surface area (Å²) in [6.45, 7) is 0. The second-order valence-corrected chi connectivity index (χ2v) is 5.13. The van der Waals surface area contributed by atoms with Crippen LogP contribution in [-0.2, 0) is 0 Å². The summed E-state index contributed by atoms with van der Waals surface area (Å²) < 4.78 is 0. The van der Waals surface area contributed by atoms with Gasteiger partial charge in [0.1, 0.15) is 0 Å². The minimum absolute atomic E-state index is 0. The third-order valence-electron chi connectivity index (χ3n) is 3.05. The molecule has 0 fully saturated rings. The molecule has 3 rings (SSSR count). The first-order valence-electron chi connectivity index (χ1n) is 7.90. The summed E-state index contributed by atoms with van der Waals surface area (Å²) in [7, 11) is 0. The second-order valence-electron chi connectivity index (χ2n) is 5.13. The number of rotatable bonds is 0. The average Bonchev–Trinajstić information content (AvgIpc) is 3.04. The van der Waals surface area contributed by atoms with Crippen molar-refractivity contribution in [3.63, 3.8) is 0 Å². The van der Waals surface area contributed by atoms with Crippen molar-refractivity contribution >= 4 is 26.2 Å². The third-order valence-corrected chi connectivity index (χ3v) is 3.05. The summed E-state index contributed by atoms with van der Waals surface area (Å²) in [5, 5.41) is 21.3. The Bertz CT molecular complexity index is 906. The minimum Gasteiger partial charge on any atom is -0.587 e. The quantitative estimate of drug-likeness (QED) is 0.262. The van der Waals surface area contributed by atoms with Gasteiger partial charge in [0.2, 0.25) is 0 Å². The summed E-state index contributed by atoms with van der Waals surface area (Å²) >= 11 is 0. The molecule has 0 atom stereocenters. The van der Waals surface area contributed by atoms with E-state index in [1.54, 1.807) is 54.6 Å². The van der Waals surface area contributed by atoms with Crippen LogP contribution in [0.15, 0.2) is 91.0 Å². The van der Waals surface area contributed by atoms with Gasteiger partial charge in [-0.05, 0) is 0 Å². The van der Waals surface area contributed by atoms with Crippen LogP contribution in [0, 0.1) is 0 Å². The van der Waals surface area contributed by atoms with Gasteiger partial charge in [-0.25, -0.2) is 0 Å². The van der Waals surface area contributed by atoms with Crippen molar-refractivity contribution in [2.45, 2.75) is 0 Å². The van der Waals surface area contributed by atoms with Gasteiger partial charge in [-0.3, -0.25) is 14.4 Å². The standard InChI is InChI=1S/3C7H6O2.Bi/c3*8-6-4-2-1-3-5-7(6)9;/h3*1-5H,(H,8,9);/q;;;+3/p+6. The van der Waals surface area contributed by atoms with Gasteiger partial charge in [0.05, 0.1) is 18.2 Å². The first kappa shape index (κ1) is 25.0. The molecule has 0 saturated carbocycles. The number of hydrogen-bond acceptors (Lipinski definition) is 0. The minimum atomic E-state index is 0. The van der Waals surface area contributed by atoms with Crippen LogP contribution in [0.2, 0.25) is 0 Å². The first-order chi connectivity index (χ1) is 12.9. The Morgan fingerprint density at radius 3 is 0.857 bits per heavy atom. The van der Waals surface area contributed by atoms with Crippen molar-refractivity contribution in [2.24, 2.45) is 0 Å². The fraction of sp³-hybridized carbons (Fsp3) is 0. The number of hydrogen-bond donors (Lipinski definition) is 0. The zero-order chi connectivity index (χ0) is 20.1. The fourth-order valence-electron chi connectivity index (χ4n) is 1.61. The van der Waals surface area contributed by atoms with Crippen molar-refractivity contribution in [1.82, 2.24) is 0 Å². The molecule has 6 nitrogen and oxygen atoms in total. The Kier molecular flexibility index (Phi) is 12.5. The van der Waals surface area contributed by atoms with E-state index in [0.29, 0.717) is 0 Å². The van der Waals surface area contributed by atoms with Crippen LogP contribution in [0.25, 0.3) is 0 Å². The van der Waals surface area contributed by atoms with Gasteiger partial charge in [-0.2, -0.15) is 0 Å². The molecule has 0 amide bonds. The molecule has 2 radical (unpaired) electrons. The maximum atomic E-state index is 8.89. The summed E-state index contributed by atoms with van der Waals surface area (Å²) in [5.74, 6) is 0.458. The maximum absolute atomic E-state index is 8.89. The topological polar surface area (TPSA) is 133 Å². The SMILES string of the molecule is [Bi+3].[OH+]=c1cccccc1[OH2+].[OH+]=c1cccccc1[OH2+].[OH+]=c1cccccc1[OH2+]. The van der Waals surface area contributed by atoms with E-state index in [9.17, 15) is 0 Å². The van der Waals surface area contributed by atoms with Gasteiger partial charge >= 0.3 is 59.7 Å². The van der Waals surface area contributed by atoms with Gasteiger partial charge in [0.15, 0.2) is 0 Å². The maximum Gasteiger partial charge on any atom is 3.00 e. The van der Waals surface area contributed by atoms with Crippen LogP contribution in [0.4, 0.5) is 0 Å². The van der Waals surface area contributed by atoms with Gasteiger partial charge in [0.25, 0.3) is 0 Å². The molecule has 0 spiro atoms. The van der Waals surface area contributed by atoms with Crippen molar-refractivity contribution in [2.75, 3.05) is 0 Å². The third kappa shape index (κ3) is 10.2. The summed E-state index contributed by atoms with van der Waals surface area (Å²) in [6.07, 6.45) is 0. The van der Waals surface area contributed by atoms with Gasteiger partial charge < -0.3 is 15.3 Å². The normalized spacial score (nSPS) is 8.57. The predicted molar refractivity (Wildman–Crippen MR) is 109 cm³/mol. The van der Waals surface area contributed by atoms with E-state index in [0.717, 1.165) is 0 Å². The van der Waals surface area contributed by atoms with Crippen molar-refractivity contribution in [3.8, 4) is 17.2 Å². The molecule has 0 aromatic heterocycles. The molecular formula is C21H24BiO6+9. The van der Waals surface area contributed by atoms with Crippen LogP contribution in [0.3, 0.4) is 0 Å². The van der Waals surface area contributed by atoms with Crippen LogP contribution >= 0.6 is 0 Å². The van der Waals surface area contributed by atoms with Crippen LogP contribution in [-0.4, -0.2) is 55.9 Å². The van der Waals surface area contributed by atoms with Crippen LogP contribution in [0.5, 0.6) is 17.2 Å².